The van der Waals surface area contributed by atoms with E-state index >= 15 is 0 Å². The quantitative estimate of drug-likeness (QED) is 0.672. The molecule has 0 unspecified atom stereocenters. The van der Waals surface area contributed by atoms with Gasteiger partial charge in [0.1, 0.15) is 5.75 Å². The zero-order valence-electron chi connectivity index (χ0n) is 10.3. The molecule has 0 fully saturated rings. The summed E-state index contributed by atoms with van der Waals surface area (Å²) in [4.78, 5) is 0. The Morgan fingerprint density at radius 2 is 1.67 bits per heavy atom. The number of fused-ring (bicyclic) bond motifs is 1. The summed E-state index contributed by atoms with van der Waals surface area (Å²) in [5.41, 5.74) is 2.43. The van der Waals surface area contributed by atoms with Crippen molar-refractivity contribution >= 4 is 10.9 Å². The van der Waals surface area contributed by atoms with E-state index in [4.69, 9.17) is 4.74 Å². The molecule has 2 aromatic carbocycles. The molecule has 3 rings (SSSR count). The van der Waals surface area contributed by atoms with Crippen molar-refractivity contribution in [3.05, 3.63) is 66.4 Å². The van der Waals surface area contributed by atoms with Crippen LogP contribution in [0.5, 0.6) is 5.75 Å². The number of hydrogen-bond acceptors (Lipinski definition) is 1. The summed E-state index contributed by atoms with van der Waals surface area (Å²) >= 11 is 0. The van der Waals surface area contributed by atoms with Crippen molar-refractivity contribution in [3.8, 4) is 5.75 Å². The van der Waals surface area contributed by atoms with E-state index in [1.54, 1.807) is 0 Å². The second-order valence-electron chi connectivity index (χ2n) is 4.36. The first-order chi connectivity index (χ1) is 8.84. The predicted molar refractivity (Wildman–Crippen MR) is 73.7 cm³/mol. The molecular weight excluding hydrogens is 222 g/mol. The standard InChI is InChI=1S/C16H15NO/c1-13-11-14-7-5-6-10-16(14)17(13)12-18-15-8-3-2-4-9-15/h2-11H,12H2,1H3. The Bertz CT molecular complexity index is 655. The number of benzene rings is 2. The first-order valence-corrected chi connectivity index (χ1v) is 6.07. The van der Waals surface area contributed by atoms with Crippen molar-refractivity contribution in [2.75, 3.05) is 0 Å². The molecule has 0 aliphatic rings. The van der Waals surface area contributed by atoms with Crippen LogP contribution in [0.25, 0.3) is 10.9 Å². The van der Waals surface area contributed by atoms with E-state index < -0.39 is 0 Å². The smallest absolute Gasteiger partial charge is 0.165 e. The number of ether oxygens (including phenoxy) is 1. The Morgan fingerprint density at radius 3 is 2.50 bits per heavy atom. The monoisotopic (exact) mass is 237 g/mol. The number of nitrogens with zero attached hydrogens (tertiary/aromatic N) is 1. The van der Waals surface area contributed by atoms with E-state index in [2.05, 4.69) is 41.8 Å². The largest absolute Gasteiger partial charge is 0.473 e. The average Bonchev–Trinajstić information content (AvgIpc) is 2.73. The van der Waals surface area contributed by atoms with E-state index in [0.717, 1.165) is 5.75 Å². The molecule has 1 heterocycles. The van der Waals surface area contributed by atoms with E-state index in [0.29, 0.717) is 6.73 Å². The molecule has 0 N–H and O–H groups in total. The Kier molecular flexibility index (Phi) is 2.77. The van der Waals surface area contributed by atoms with E-state index in [-0.39, 0.29) is 0 Å². The molecule has 0 amide bonds. The van der Waals surface area contributed by atoms with Crippen molar-refractivity contribution in [3.63, 3.8) is 0 Å². The van der Waals surface area contributed by atoms with Crippen LogP contribution in [0.15, 0.2) is 60.7 Å². The lowest BCUT2D eigenvalue weighted by molar-refractivity contribution is 0.239. The van der Waals surface area contributed by atoms with Gasteiger partial charge < -0.3 is 9.30 Å². The first-order valence-electron chi connectivity index (χ1n) is 6.07. The lowest BCUT2D eigenvalue weighted by Crippen LogP contribution is -2.06. The molecule has 0 aliphatic carbocycles. The summed E-state index contributed by atoms with van der Waals surface area (Å²) in [7, 11) is 0. The lowest BCUT2D eigenvalue weighted by Gasteiger charge is -2.10. The van der Waals surface area contributed by atoms with Gasteiger partial charge in [-0.15, -0.1) is 0 Å². The maximum Gasteiger partial charge on any atom is 0.165 e. The van der Waals surface area contributed by atoms with Gasteiger partial charge in [0.05, 0.1) is 5.52 Å². The fraction of sp³-hybridized carbons (Fsp3) is 0.125. The molecule has 0 radical (unpaired) electrons. The van der Waals surface area contributed by atoms with E-state index in [1.165, 1.54) is 16.6 Å². The molecule has 0 atom stereocenters. The fourth-order valence-corrected chi connectivity index (χ4v) is 2.18. The fourth-order valence-electron chi connectivity index (χ4n) is 2.18. The highest BCUT2D eigenvalue weighted by molar-refractivity contribution is 5.81. The van der Waals surface area contributed by atoms with Crippen LogP contribution in [-0.2, 0) is 6.73 Å². The summed E-state index contributed by atoms with van der Waals surface area (Å²) in [5, 5.41) is 1.26. The van der Waals surface area contributed by atoms with Crippen LogP contribution in [0.4, 0.5) is 0 Å². The van der Waals surface area contributed by atoms with Gasteiger partial charge in [-0.05, 0) is 36.6 Å². The van der Waals surface area contributed by atoms with Crippen molar-refractivity contribution in [1.82, 2.24) is 4.57 Å². The average molecular weight is 237 g/mol. The van der Waals surface area contributed by atoms with Crippen LogP contribution in [0.2, 0.25) is 0 Å². The molecule has 90 valence electrons. The second kappa shape index (κ2) is 4.57. The van der Waals surface area contributed by atoms with Gasteiger partial charge in [0.15, 0.2) is 6.73 Å². The summed E-state index contributed by atoms with van der Waals surface area (Å²) in [6, 6.07) is 20.4. The van der Waals surface area contributed by atoms with Gasteiger partial charge in [-0.25, -0.2) is 0 Å². The minimum atomic E-state index is 0.545. The Labute approximate surface area is 106 Å². The summed E-state index contributed by atoms with van der Waals surface area (Å²) in [6.07, 6.45) is 0. The third-order valence-corrected chi connectivity index (χ3v) is 3.12. The van der Waals surface area contributed by atoms with Crippen molar-refractivity contribution < 1.29 is 4.74 Å². The van der Waals surface area contributed by atoms with Crippen LogP contribution >= 0.6 is 0 Å². The zero-order valence-corrected chi connectivity index (χ0v) is 10.3. The van der Waals surface area contributed by atoms with Crippen LogP contribution < -0.4 is 4.74 Å². The predicted octanol–water partition coefficient (Wildman–Crippen LogP) is 3.99. The lowest BCUT2D eigenvalue weighted by atomic mass is 10.2. The number of para-hydroxylation sites is 2. The van der Waals surface area contributed by atoms with Gasteiger partial charge in [-0.3, -0.25) is 0 Å². The SMILES string of the molecule is Cc1cc2ccccc2n1COc1ccccc1. The molecule has 18 heavy (non-hydrogen) atoms. The van der Waals surface area contributed by atoms with E-state index in [1.807, 2.05) is 30.3 Å². The Hall–Kier alpha value is -2.22. The highest BCUT2D eigenvalue weighted by Crippen LogP contribution is 2.20. The van der Waals surface area contributed by atoms with Crippen LogP contribution in [-0.4, -0.2) is 4.57 Å². The van der Waals surface area contributed by atoms with Crippen molar-refractivity contribution in [2.24, 2.45) is 0 Å². The van der Waals surface area contributed by atoms with Gasteiger partial charge in [-0.1, -0.05) is 36.4 Å². The van der Waals surface area contributed by atoms with E-state index in [9.17, 15) is 0 Å². The van der Waals surface area contributed by atoms with Gasteiger partial charge in [-0.2, -0.15) is 0 Å². The summed E-state index contributed by atoms with van der Waals surface area (Å²) in [6.45, 7) is 2.65. The normalized spacial score (nSPS) is 10.7. The van der Waals surface area contributed by atoms with Gasteiger partial charge in [0, 0.05) is 5.69 Å². The van der Waals surface area contributed by atoms with Gasteiger partial charge >= 0.3 is 0 Å². The van der Waals surface area contributed by atoms with Crippen molar-refractivity contribution in [2.45, 2.75) is 13.7 Å². The molecule has 0 saturated heterocycles. The van der Waals surface area contributed by atoms with Crippen LogP contribution in [0, 0.1) is 6.92 Å². The molecule has 0 aliphatic heterocycles. The Morgan fingerprint density at radius 1 is 0.944 bits per heavy atom. The molecular formula is C16H15NO. The third kappa shape index (κ3) is 1.97. The molecule has 0 spiro atoms. The summed E-state index contributed by atoms with van der Waals surface area (Å²) in [5.74, 6) is 0.898. The number of hydrogen-bond donors (Lipinski definition) is 0. The maximum atomic E-state index is 5.80. The van der Waals surface area contributed by atoms with Crippen LogP contribution in [0.3, 0.4) is 0 Å². The molecule has 1 aromatic heterocycles. The van der Waals surface area contributed by atoms with Gasteiger partial charge in [0.25, 0.3) is 0 Å². The third-order valence-electron chi connectivity index (χ3n) is 3.12. The van der Waals surface area contributed by atoms with Gasteiger partial charge in [0.2, 0.25) is 0 Å². The molecule has 3 aromatic rings. The maximum absolute atomic E-state index is 5.80. The van der Waals surface area contributed by atoms with Crippen molar-refractivity contribution in [1.29, 1.82) is 0 Å². The Balaban J connectivity index is 1.89. The number of aromatic nitrogens is 1. The molecule has 2 nitrogen and oxygen atoms in total. The molecule has 0 saturated carbocycles. The summed E-state index contributed by atoms with van der Waals surface area (Å²) < 4.78 is 7.99. The minimum Gasteiger partial charge on any atom is -0.473 e. The highest BCUT2D eigenvalue weighted by Gasteiger charge is 2.04. The second-order valence-corrected chi connectivity index (χ2v) is 4.36. The number of aryl methyl sites for hydroxylation is 1. The molecule has 0 bridgehead atoms. The number of rotatable bonds is 3. The zero-order chi connectivity index (χ0) is 12.4. The minimum absolute atomic E-state index is 0.545. The highest BCUT2D eigenvalue weighted by atomic mass is 16.5. The topological polar surface area (TPSA) is 14.2 Å². The van der Waals surface area contributed by atoms with Crippen LogP contribution in [0.1, 0.15) is 5.69 Å². The molecule has 2 heteroatoms. The first kappa shape index (κ1) is 10.9.